The molecule has 5 heterocycles. The van der Waals surface area contributed by atoms with Crippen molar-refractivity contribution in [1.82, 2.24) is 30.1 Å². The van der Waals surface area contributed by atoms with Crippen LogP contribution in [0.3, 0.4) is 0 Å². The van der Waals surface area contributed by atoms with Gasteiger partial charge in [0.25, 0.3) is 0 Å². The van der Waals surface area contributed by atoms with Crippen LogP contribution in [-0.2, 0) is 0 Å². The summed E-state index contributed by atoms with van der Waals surface area (Å²) in [5.41, 5.74) is 6.56. The first kappa shape index (κ1) is 17.9. The van der Waals surface area contributed by atoms with Crippen molar-refractivity contribution >= 4 is 33.3 Å². The van der Waals surface area contributed by atoms with Crippen molar-refractivity contribution in [2.24, 2.45) is 0 Å². The quantitative estimate of drug-likeness (QED) is 0.378. The number of rotatable bonds is 3. The minimum Gasteiger partial charge on any atom is -0.336 e. The maximum Gasteiger partial charge on any atom is 0.159 e. The van der Waals surface area contributed by atoms with Gasteiger partial charge in [-0.25, -0.2) is 9.37 Å². The molecule has 31 heavy (non-hydrogen) atoms. The van der Waals surface area contributed by atoms with Crippen LogP contribution in [0.1, 0.15) is 5.56 Å². The molecular weight excluding hydrogens is 411 g/mol. The van der Waals surface area contributed by atoms with Gasteiger partial charge in [-0.1, -0.05) is 0 Å². The van der Waals surface area contributed by atoms with E-state index in [4.69, 9.17) is 4.98 Å². The fraction of sp³-hybridized carbons (Fsp3) is 0.0435. The molecular formula is C23H15FN6S. The Morgan fingerprint density at radius 2 is 1.90 bits per heavy atom. The van der Waals surface area contributed by atoms with Gasteiger partial charge in [0.2, 0.25) is 0 Å². The maximum absolute atomic E-state index is 15.7. The first-order valence-electron chi connectivity index (χ1n) is 9.66. The van der Waals surface area contributed by atoms with E-state index in [0.717, 1.165) is 33.4 Å². The van der Waals surface area contributed by atoms with Crippen molar-refractivity contribution in [2.75, 3.05) is 0 Å². The first-order valence-corrected chi connectivity index (χ1v) is 10.6. The van der Waals surface area contributed by atoms with E-state index in [-0.39, 0.29) is 5.82 Å². The van der Waals surface area contributed by atoms with Crippen molar-refractivity contribution in [3.63, 3.8) is 0 Å². The van der Waals surface area contributed by atoms with Gasteiger partial charge in [-0.05, 0) is 48.2 Å². The maximum atomic E-state index is 15.7. The van der Waals surface area contributed by atoms with E-state index < -0.39 is 0 Å². The zero-order chi connectivity index (χ0) is 20.9. The number of hydrogen-bond donors (Lipinski definition) is 2. The van der Waals surface area contributed by atoms with Crippen LogP contribution in [0.5, 0.6) is 0 Å². The van der Waals surface area contributed by atoms with E-state index in [1.54, 1.807) is 36.0 Å². The molecule has 5 aromatic heterocycles. The number of aromatic nitrogens is 6. The lowest BCUT2D eigenvalue weighted by molar-refractivity contribution is 0.643. The smallest absolute Gasteiger partial charge is 0.159 e. The molecule has 6 rings (SSSR count). The van der Waals surface area contributed by atoms with Gasteiger partial charge in [-0.2, -0.15) is 16.4 Å². The Bertz CT molecular complexity index is 1560. The SMILES string of the molecule is Cc1ccncc1-c1ccc2[nH]nc(-c3nc4c(-c5ccsc5)nccc4[nH]3)c2c1F. The van der Waals surface area contributed by atoms with Crippen molar-refractivity contribution in [3.8, 4) is 33.9 Å². The highest BCUT2D eigenvalue weighted by atomic mass is 32.1. The molecule has 0 saturated carbocycles. The Kier molecular flexibility index (Phi) is 3.94. The Hall–Kier alpha value is -3.91. The van der Waals surface area contributed by atoms with Crippen LogP contribution in [0.25, 0.3) is 55.8 Å². The highest BCUT2D eigenvalue weighted by Gasteiger charge is 2.21. The molecule has 0 amide bonds. The van der Waals surface area contributed by atoms with Crippen LogP contribution in [-0.4, -0.2) is 30.1 Å². The molecule has 0 atom stereocenters. The van der Waals surface area contributed by atoms with Gasteiger partial charge in [0.1, 0.15) is 17.0 Å². The number of aromatic amines is 2. The number of benzene rings is 1. The second kappa shape index (κ2) is 6.82. The molecule has 0 fully saturated rings. The number of thiophene rings is 1. The minimum absolute atomic E-state index is 0.353. The van der Waals surface area contributed by atoms with Crippen LogP contribution in [0, 0.1) is 12.7 Å². The Labute approximate surface area is 179 Å². The molecule has 0 unspecified atom stereocenters. The summed E-state index contributed by atoms with van der Waals surface area (Å²) in [5.74, 6) is 0.138. The van der Waals surface area contributed by atoms with Gasteiger partial charge in [0.15, 0.2) is 5.82 Å². The molecule has 0 radical (unpaired) electrons. The molecule has 150 valence electrons. The third-order valence-corrected chi connectivity index (χ3v) is 6.10. The number of imidazole rings is 1. The lowest BCUT2D eigenvalue weighted by Crippen LogP contribution is -1.91. The molecule has 0 aliphatic carbocycles. The predicted octanol–water partition coefficient (Wildman–Crippen LogP) is 5.74. The lowest BCUT2D eigenvalue weighted by Gasteiger charge is -2.07. The molecule has 0 aliphatic heterocycles. The average molecular weight is 426 g/mol. The minimum atomic E-state index is -0.353. The standard InChI is InChI=1S/C23H15FN6S/c1-12-4-7-25-10-15(12)14-2-3-16-18(19(14)24)22(30-29-16)23-27-17-5-8-26-20(21(17)28-23)13-6-9-31-11-13/h2-11H,1H3,(H,27,28)(H,29,30). The summed E-state index contributed by atoms with van der Waals surface area (Å²) in [4.78, 5) is 16.7. The number of H-pyrrole nitrogens is 2. The van der Waals surface area contributed by atoms with E-state index in [1.165, 1.54) is 0 Å². The van der Waals surface area contributed by atoms with Crippen molar-refractivity contribution < 1.29 is 4.39 Å². The summed E-state index contributed by atoms with van der Waals surface area (Å²) in [5, 5.41) is 11.7. The number of nitrogens with one attached hydrogen (secondary N) is 2. The zero-order valence-corrected chi connectivity index (χ0v) is 17.2. The fourth-order valence-electron chi connectivity index (χ4n) is 3.86. The van der Waals surface area contributed by atoms with Crippen LogP contribution in [0.2, 0.25) is 0 Å². The summed E-state index contributed by atoms with van der Waals surface area (Å²) < 4.78 is 15.7. The van der Waals surface area contributed by atoms with E-state index in [9.17, 15) is 0 Å². The van der Waals surface area contributed by atoms with Gasteiger partial charge >= 0.3 is 0 Å². The summed E-state index contributed by atoms with van der Waals surface area (Å²) in [6.07, 6.45) is 5.12. The second-order valence-corrected chi connectivity index (χ2v) is 8.05. The number of halogens is 1. The van der Waals surface area contributed by atoms with Crippen molar-refractivity contribution in [1.29, 1.82) is 0 Å². The molecule has 0 aliphatic rings. The first-order chi connectivity index (χ1) is 15.2. The molecule has 6 aromatic rings. The van der Waals surface area contributed by atoms with Crippen LogP contribution >= 0.6 is 11.3 Å². The Balaban J connectivity index is 1.57. The monoisotopic (exact) mass is 426 g/mol. The summed E-state index contributed by atoms with van der Waals surface area (Å²) in [7, 11) is 0. The zero-order valence-electron chi connectivity index (χ0n) is 16.3. The third kappa shape index (κ3) is 2.76. The molecule has 2 N–H and O–H groups in total. The Morgan fingerprint density at radius 3 is 2.74 bits per heavy atom. The predicted molar refractivity (Wildman–Crippen MR) is 120 cm³/mol. The van der Waals surface area contributed by atoms with E-state index in [0.29, 0.717) is 28.0 Å². The number of aryl methyl sites for hydroxylation is 1. The number of hydrogen-bond acceptors (Lipinski definition) is 5. The summed E-state index contributed by atoms with van der Waals surface area (Å²) >= 11 is 1.60. The van der Waals surface area contributed by atoms with Gasteiger partial charge in [-0.3, -0.25) is 15.1 Å². The van der Waals surface area contributed by atoms with Crippen LogP contribution in [0.15, 0.2) is 59.7 Å². The molecule has 0 bridgehead atoms. The number of pyridine rings is 2. The van der Waals surface area contributed by atoms with Gasteiger partial charge < -0.3 is 4.98 Å². The van der Waals surface area contributed by atoms with Gasteiger partial charge in [0, 0.05) is 40.7 Å². The van der Waals surface area contributed by atoms with Crippen LogP contribution in [0.4, 0.5) is 4.39 Å². The van der Waals surface area contributed by atoms with Crippen molar-refractivity contribution in [2.45, 2.75) is 6.92 Å². The molecule has 6 nitrogen and oxygen atoms in total. The second-order valence-electron chi connectivity index (χ2n) is 7.27. The molecule has 0 saturated heterocycles. The van der Waals surface area contributed by atoms with Gasteiger partial charge in [-0.15, -0.1) is 0 Å². The normalized spacial score (nSPS) is 11.5. The van der Waals surface area contributed by atoms with Crippen LogP contribution < -0.4 is 0 Å². The fourth-order valence-corrected chi connectivity index (χ4v) is 4.50. The number of nitrogens with zero attached hydrogens (tertiary/aromatic N) is 4. The van der Waals surface area contributed by atoms with E-state index in [2.05, 4.69) is 25.1 Å². The highest BCUT2D eigenvalue weighted by Crippen LogP contribution is 2.35. The Morgan fingerprint density at radius 1 is 0.968 bits per heavy atom. The van der Waals surface area contributed by atoms with Crippen molar-refractivity contribution in [3.05, 3.63) is 71.1 Å². The van der Waals surface area contributed by atoms with E-state index >= 15 is 4.39 Å². The number of fused-ring (bicyclic) bond motifs is 2. The molecule has 1 aromatic carbocycles. The third-order valence-electron chi connectivity index (χ3n) is 5.42. The molecule has 8 heteroatoms. The summed E-state index contributed by atoms with van der Waals surface area (Å²) in [6.45, 7) is 1.94. The summed E-state index contributed by atoms with van der Waals surface area (Å²) in [6, 6.07) is 9.32. The lowest BCUT2D eigenvalue weighted by atomic mass is 10.00. The van der Waals surface area contributed by atoms with Gasteiger partial charge in [0.05, 0.1) is 22.1 Å². The highest BCUT2D eigenvalue weighted by molar-refractivity contribution is 7.08. The largest absolute Gasteiger partial charge is 0.336 e. The molecule has 0 spiro atoms. The topological polar surface area (TPSA) is 83.1 Å². The van der Waals surface area contributed by atoms with E-state index in [1.807, 2.05) is 41.9 Å². The average Bonchev–Trinajstić information content (AvgIpc) is 3.53.